The summed E-state index contributed by atoms with van der Waals surface area (Å²) < 4.78 is 21.2. The number of halogens is 1. The molecule has 5 nitrogen and oxygen atoms in total. The molecule has 33 heavy (non-hydrogen) atoms. The van der Waals surface area contributed by atoms with E-state index in [2.05, 4.69) is 41.2 Å². The first-order valence-electron chi connectivity index (χ1n) is 11.3. The third-order valence-electron chi connectivity index (χ3n) is 5.38. The standard InChI is InChI=1S/C26H29FN4OS/c1-4-12-31(13-5-2)17-18-6-8-21(30-16-18)25-15-22-26(33-25)24(10-11-29-22)32-23-9-7-19(28-3)14-20(23)27/h6-11,14-16,28H,4-5,12-13,17H2,1-3H3. The summed E-state index contributed by atoms with van der Waals surface area (Å²) in [5, 5.41) is 2.92. The number of pyridine rings is 2. The number of nitrogens with one attached hydrogen (secondary N) is 1. The van der Waals surface area contributed by atoms with E-state index >= 15 is 0 Å². The zero-order chi connectivity index (χ0) is 23.2. The minimum absolute atomic E-state index is 0.183. The maximum absolute atomic E-state index is 14.4. The molecule has 0 unspecified atom stereocenters. The highest BCUT2D eigenvalue weighted by molar-refractivity contribution is 7.22. The first kappa shape index (κ1) is 23.1. The van der Waals surface area contributed by atoms with Crippen LogP contribution in [-0.4, -0.2) is 35.0 Å². The average Bonchev–Trinajstić information content (AvgIpc) is 3.26. The largest absolute Gasteiger partial charge is 0.453 e. The number of hydrogen-bond donors (Lipinski definition) is 1. The van der Waals surface area contributed by atoms with E-state index in [-0.39, 0.29) is 5.75 Å². The molecule has 3 aromatic heterocycles. The molecule has 4 rings (SSSR count). The zero-order valence-corrected chi connectivity index (χ0v) is 20.1. The topological polar surface area (TPSA) is 50.3 Å². The smallest absolute Gasteiger partial charge is 0.167 e. The van der Waals surface area contributed by atoms with Gasteiger partial charge in [-0.15, -0.1) is 11.3 Å². The summed E-state index contributed by atoms with van der Waals surface area (Å²) in [7, 11) is 1.75. The molecule has 0 saturated heterocycles. The van der Waals surface area contributed by atoms with Crippen molar-refractivity contribution in [2.24, 2.45) is 0 Å². The molecular weight excluding hydrogens is 435 g/mol. The van der Waals surface area contributed by atoms with Crippen molar-refractivity contribution < 1.29 is 9.13 Å². The summed E-state index contributed by atoms with van der Waals surface area (Å²) in [5.41, 5.74) is 3.61. The molecule has 0 spiro atoms. The molecular formula is C26H29FN4OS. The van der Waals surface area contributed by atoms with Crippen LogP contribution in [0.15, 0.2) is 54.9 Å². The molecule has 0 fully saturated rings. The molecule has 0 aliphatic rings. The van der Waals surface area contributed by atoms with Crippen molar-refractivity contribution in [3.8, 4) is 22.1 Å². The Morgan fingerprint density at radius 2 is 1.82 bits per heavy atom. The summed E-state index contributed by atoms with van der Waals surface area (Å²) >= 11 is 1.55. The Balaban J connectivity index is 1.56. The highest BCUT2D eigenvalue weighted by atomic mass is 32.1. The second-order valence-electron chi connectivity index (χ2n) is 7.96. The van der Waals surface area contributed by atoms with Crippen molar-refractivity contribution in [1.29, 1.82) is 0 Å². The second-order valence-corrected chi connectivity index (χ2v) is 9.01. The number of fused-ring (bicyclic) bond motifs is 1. The Hall–Kier alpha value is -3.03. The van der Waals surface area contributed by atoms with E-state index in [1.807, 2.05) is 12.3 Å². The van der Waals surface area contributed by atoms with Crippen molar-refractivity contribution >= 4 is 27.2 Å². The number of anilines is 1. The molecule has 1 aromatic carbocycles. The minimum Gasteiger partial charge on any atom is -0.453 e. The van der Waals surface area contributed by atoms with Crippen LogP contribution < -0.4 is 10.1 Å². The van der Waals surface area contributed by atoms with Crippen LogP contribution in [0.1, 0.15) is 32.3 Å². The number of thiophene rings is 1. The number of hydrogen-bond acceptors (Lipinski definition) is 6. The van der Waals surface area contributed by atoms with Crippen LogP contribution in [0.3, 0.4) is 0 Å². The Kier molecular flexibility index (Phi) is 7.52. The van der Waals surface area contributed by atoms with Crippen molar-refractivity contribution in [3.05, 3.63) is 66.2 Å². The lowest BCUT2D eigenvalue weighted by Gasteiger charge is -2.20. The van der Waals surface area contributed by atoms with Crippen molar-refractivity contribution in [3.63, 3.8) is 0 Å². The van der Waals surface area contributed by atoms with E-state index in [1.165, 1.54) is 11.6 Å². The van der Waals surface area contributed by atoms with E-state index in [0.717, 1.165) is 53.3 Å². The molecule has 172 valence electrons. The lowest BCUT2D eigenvalue weighted by molar-refractivity contribution is 0.266. The van der Waals surface area contributed by atoms with Gasteiger partial charge in [0.1, 0.15) is 5.75 Å². The quantitative estimate of drug-likeness (QED) is 0.275. The van der Waals surface area contributed by atoms with Crippen LogP contribution in [0.5, 0.6) is 11.5 Å². The van der Waals surface area contributed by atoms with Gasteiger partial charge in [0, 0.05) is 43.8 Å². The van der Waals surface area contributed by atoms with Crippen LogP contribution >= 0.6 is 11.3 Å². The first-order valence-corrected chi connectivity index (χ1v) is 12.1. The second kappa shape index (κ2) is 10.7. The van der Waals surface area contributed by atoms with Crippen molar-refractivity contribution in [1.82, 2.24) is 14.9 Å². The molecule has 3 heterocycles. The lowest BCUT2D eigenvalue weighted by Crippen LogP contribution is -2.24. The predicted octanol–water partition coefficient (Wildman–Crippen LogP) is 6.95. The highest BCUT2D eigenvalue weighted by Crippen LogP contribution is 2.39. The molecule has 1 N–H and O–H groups in total. The van der Waals surface area contributed by atoms with Crippen LogP contribution in [0.25, 0.3) is 20.8 Å². The Morgan fingerprint density at radius 3 is 2.48 bits per heavy atom. The Morgan fingerprint density at radius 1 is 1.00 bits per heavy atom. The molecule has 0 aliphatic carbocycles. The lowest BCUT2D eigenvalue weighted by atomic mass is 10.2. The zero-order valence-electron chi connectivity index (χ0n) is 19.3. The van der Waals surface area contributed by atoms with Gasteiger partial charge in [-0.3, -0.25) is 14.9 Å². The van der Waals surface area contributed by atoms with E-state index in [4.69, 9.17) is 9.72 Å². The Bertz CT molecular complexity index is 1200. The SMILES string of the molecule is CCCN(CCC)Cc1ccc(-c2cc3nccc(Oc4ccc(NC)cc4F)c3s2)nc1. The fourth-order valence-electron chi connectivity index (χ4n) is 3.80. The summed E-state index contributed by atoms with van der Waals surface area (Å²) in [6.07, 6.45) is 5.94. The molecule has 0 amide bonds. The minimum atomic E-state index is -0.416. The Labute approximate surface area is 198 Å². The maximum Gasteiger partial charge on any atom is 0.167 e. The van der Waals surface area contributed by atoms with E-state index in [0.29, 0.717) is 11.4 Å². The van der Waals surface area contributed by atoms with E-state index in [1.54, 1.807) is 42.8 Å². The van der Waals surface area contributed by atoms with Crippen molar-refractivity contribution in [2.75, 3.05) is 25.5 Å². The van der Waals surface area contributed by atoms with Gasteiger partial charge in [0.15, 0.2) is 11.6 Å². The van der Waals surface area contributed by atoms with E-state index < -0.39 is 5.82 Å². The fraction of sp³-hybridized carbons (Fsp3) is 0.308. The molecule has 0 saturated carbocycles. The summed E-state index contributed by atoms with van der Waals surface area (Å²) in [5.74, 6) is 0.349. The number of benzene rings is 1. The molecule has 0 radical (unpaired) electrons. The predicted molar refractivity (Wildman–Crippen MR) is 135 cm³/mol. The van der Waals surface area contributed by atoms with Crippen LogP contribution in [-0.2, 0) is 6.54 Å². The molecule has 4 aromatic rings. The van der Waals surface area contributed by atoms with Gasteiger partial charge in [0.25, 0.3) is 0 Å². The van der Waals surface area contributed by atoms with Gasteiger partial charge >= 0.3 is 0 Å². The van der Waals surface area contributed by atoms with Gasteiger partial charge in [-0.2, -0.15) is 0 Å². The number of aromatic nitrogens is 2. The number of nitrogens with zero attached hydrogens (tertiary/aromatic N) is 3. The molecule has 0 aliphatic heterocycles. The van der Waals surface area contributed by atoms with Gasteiger partial charge in [-0.1, -0.05) is 19.9 Å². The maximum atomic E-state index is 14.4. The number of ether oxygens (including phenoxy) is 1. The van der Waals surface area contributed by atoms with Gasteiger partial charge < -0.3 is 10.1 Å². The van der Waals surface area contributed by atoms with Gasteiger partial charge in [0.2, 0.25) is 0 Å². The summed E-state index contributed by atoms with van der Waals surface area (Å²) in [4.78, 5) is 12.7. The van der Waals surface area contributed by atoms with Crippen LogP contribution in [0.4, 0.5) is 10.1 Å². The molecule has 0 atom stereocenters. The monoisotopic (exact) mass is 464 g/mol. The first-order chi connectivity index (χ1) is 16.1. The third-order valence-corrected chi connectivity index (χ3v) is 6.54. The van der Waals surface area contributed by atoms with Crippen LogP contribution in [0.2, 0.25) is 0 Å². The molecule has 7 heteroatoms. The van der Waals surface area contributed by atoms with Crippen molar-refractivity contribution in [2.45, 2.75) is 33.2 Å². The van der Waals surface area contributed by atoms with Gasteiger partial charge in [-0.05, 0) is 55.8 Å². The normalized spacial score (nSPS) is 11.3. The third kappa shape index (κ3) is 5.49. The fourth-order valence-corrected chi connectivity index (χ4v) is 4.85. The number of rotatable bonds is 10. The van der Waals surface area contributed by atoms with Gasteiger partial charge in [0.05, 0.1) is 20.8 Å². The van der Waals surface area contributed by atoms with Gasteiger partial charge in [-0.25, -0.2) is 4.39 Å². The molecule has 0 bridgehead atoms. The highest BCUT2D eigenvalue weighted by Gasteiger charge is 2.14. The summed E-state index contributed by atoms with van der Waals surface area (Å²) in [6, 6.07) is 12.8. The van der Waals surface area contributed by atoms with E-state index in [9.17, 15) is 4.39 Å². The van der Waals surface area contributed by atoms with Crippen LogP contribution in [0, 0.1) is 5.82 Å². The average molecular weight is 465 g/mol. The summed E-state index contributed by atoms with van der Waals surface area (Å²) in [6.45, 7) is 7.53.